The van der Waals surface area contributed by atoms with Crippen molar-refractivity contribution < 1.29 is 8.42 Å². The number of halogens is 1. The Balaban J connectivity index is 2.66. The van der Waals surface area contributed by atoms with Crippen LogP contribution in [0.3, 0.4) is 0 Å². The molecule has 0 saturated heterocycles. The van der Waals surface area contributed by atoms with Gasteiger partial charge in [0.05, 0.1) is 10.6 Å². The molecule has 0 heterocycles. The minimum atomic E-state index is -3.18. The van der Waals surface area contributed by atoms with Gasteiger partial charge in [-0.15, -0.1) is 0 Å². The molecule has 0 amide bonds. The summed E-state index contributed by atoms with van der Waals surface area (Å²) in [6.07, 6.45) is 0. The average Bonchev–Trinajstić information content (AvgIpc) is 2.15. The molecule has 0 saturated carbocycles. The molecule has 0 atom stereocenters. The lowest BCUT2D eigenvalue weighted by molar-refractivity contribution is 0.438. The fourth-order valence-electron chi connectivity index (χ4n) is 1.32. The predicted molar refractivity (Wildman–Crippen MR) is 74.0 cm³/mol. The fourth-order valence-corrected chi connectivity index (χ4v) is 2.74. The Labute approximate surface area is 112 Å². The molecular formula is C12H18BrNO2S. The van der Waals surface area contributed by atoms with Gasteiger partial charge in [-0.1, -0.05) is 15.9 Å². The third-order valence-electron chi connectivity index (χ3n) is 2.20. The van der Waals surface area contributed by atoms with Crippen LogP contribution in [0.5, 0.6) is 0 Å². The Bertz CT molecular complexity index is 460. The zero-order chi connectivity index (χ0) is 13.1. The van der Waals surface area contributed by atoms with E-state index in [2.05, 4.69) is 21.2 Å². The van der Waals surface area contributed by atoms with Crippen molar-refractivity contribution in [1.29, 1.82) is 0 Å². The van der Waals surface area contributed by atoms with E-state index in [0.717, 1.165) is 4.47 Å². The van der Waals surface area contributed by atoms with E-state index in [0.29, 0.717) is 11.4 Å². The van der Waals surface area contributed by atoms with Crippen molar-refractivity contribution in [1.82, 2.24) is 5.32 Å². The van der Waals surface area contributed by atoms with E-state index >= 15 is 0 Å². The van der Waals surface area contributed by atoms with Crippen LogP contribution in [0.2, 0.25) is 0 Å². The number of sulfone groups is 1. The molecule has 1 aromatic carbocycles. The zero-order valence-electron chi connectivity index (χ0n) is 10.3. The summed E-state index contributed by atoms with van der Waals surface area (Å²) in [5.41, 5.74) is -0.0603. The van der Waals surface area contributed by atoms with E-state index < -0.39 is 9.84 Å². The summed E-state index contributed by atoms with van der Waals surface area (Å²) in [6, 6.07) is 6.72. The average molecular weight is 320 g/mol. The summed E-state index contributed by atoms with van der Waals surface area (Å²) in [6.45, 7) is 6.50. The number of hydrogen-bond donors (Lipinski definition) is 1. The Morgan fingerprint density at radius 3 is 2.18 bits per heavy atom. The highest BCUT2D eigenvalue weighted by Crippen LogP contribution is 2.15. The number of benzene rings is 1. The summed E-state index contributed by atoms with van der Waals surface area (Å²) in [5.74, 6) is 0.117. The van der Waals surface area contributed by atoms with Crippen molar-refractivity contribution in [3.05, 3.63) is 28.7 Å². The van der Waals surface area contributed by atoms with E-state index in [9.17, 15) is 8.42 Å². The highest BCUT2D eigenvalue weighted by molar-refractivity contribution is 9.10. The smallest absolute Gasteiger partial charge is 0.179 e. The van der Waals surface area contributed by atoms with Gasteiger partial charge in [0.2, 0.25) is 0 Å². The second-order valence-electron chi connectivity index (χ2n) is 4.95. The van der Waals surface area contributed by atoms with Gasteiger partial charge in [-0.3, -0.25) is 0 Å². The first-order chi connectivity index (χ1) is 7.71. The van der Waals surface area contributed by atoms with Crippen LogP contribution in [0.4, 0.5) is 0 Å². The second kappa shape index (κ2) is 5.50. The van der Waals surface area contributed by atoms with Crippen LogP contribution in [0.25, 0.3) is 0 Å². The third kappa shape index (κ3) is 5.19. The van der Waals surface area contributed by atoms with Crippen molar-refractivity contribution >= 4 is 25.8 Å². The van der Waals surface area contributed by atoms with E-state index in [-0.39, 0.29) is 11.3 Å². The predicted octanol–water partition coefficient (Wildman–Crippen LogP) is 2.61. The third-order valence-corrected chi connectivity index (χ3v) is 4.46. The lowest BCUT2D eigenvalue weighted by Gasteiger charge is -2.20. The van der Waals surface area contributed by atoms with E-state index in [1.165, 1.54) is 0 Å². The molecule has 0 fully saturated rings. The van der Waals surface area contributed by atoms with Crippen molar-refractivity contribution in [2.45, 2.75) is 31.2 Å². The molecule has 5 heteroatoms. The van der Waals surface area contributed by atoms with Gasteiger partial charge in [0, 0.05) is 16.6 Å². The molecule has 0 bridgehead atoms. The molecule has 0 radical (unpaired) electrons. The minimum absolute atomic E-state index is 0.0603. The standard InChI is InChI=1S/C12H18BrNO2S/c1-12(2,3)14-8-9-17(15,16)11-6-4-10(13)5-7-11/h4-7,14H,8-9H2,1-3H3. The van der Waals surface area contributed by atoms with E-state index in [1.54, 1.807) is 24.3 Å². The molecule has 0 aliphatic carbocycles. The fraction of sp³-hybridized carbons (Fsp3) is 0.500. The van der Waals surface area contributed by atoms with Crippen molar-refractivity contribution in [2.75, 3.05) is 12.3 Å². The van der Waals surface area contributed by atoms with Crippen molar-refractivity contribution in [3.8, 4) is 0 Å². The van der Waals surface area contributed by atoms with Crippen LogP contribution in [-0.4, -0.2) is 26.3 Å². The summed E-state index contributed by atoms with van der Waals surface area (Å²) in [4.78, 5) is 0.372. The summed E-state index contributed by atoms with van der Waals surface area (Å²) in [7, 11) is -3.18. The maximum Gasteiger partial charge on any atom is 0.179 e. The molecule has 1 aromatic rings. The largest absolute Gasteiger partial charge is 0.311 e. The Kier molecular flexibility index (Phi) is 4.75. The monoisotopic (exact) mass is 319 g/mol. The molecule has 1 N–H and O–H groups in total. The Hall–Kier alpha value is -0.390. The summed E-state index contributed by atoms with van der Waals surface area (Å²) >= 11 is 3.28. The van der Waals surface area contributed by atoms with E-state index in [1.807, 2.05) is 20.8 Å². The molecule has 17 heavy (non-hydrogen) atoms. The highest BCUT2D eigenvalue weighted by Gasteiger charge is 2.16. The van der Waals surface area contributed by atoms with Crippen LogP contribution >= 0.6 is 15.9 Å². The molecule has 0 aliphatic rings. The molecule has 0 aromatic heterocycles. The topological polar surface area (TPSA) is 46.2 Å². The lowest BCUT2D eigenvalue weighted by Crippen LogP contribution is -2.38. The molecule has 3 nitrogen and oxygen atoms in total. The van der Waals surface area contributed by atoms with Crippen LogP contribution in [-0.2, 0) is 9.84 Å². The van der Waals surface area contributed by atoms with Gasteiger partial charge < -0.3 is 5.32 Å². The lowest BCUT2D eigenvalue weighted by atomic mass is 10.1. The van der Waals surface area contributed by atoms with Gasteiger partial charge in [0.15, 0.2) is 9.84 Å². The van der Waals surface area contributed by atoms with Crippen LogP contribution in [0.1, 0.15) is 20.8 Å². The van der Waals surface area contributed by atoms with Gasteiger partial charge in [0.25, 0.3) is 0 Å². The molecule has 1 rings (SSSR count). The van der Waals surface area contributed by atoms with Crippen LogP contribution in [0.15, 0.2) is 33.6 Å². The van der Waals surface area contributed by atoms with Gasteiger partial charge in [0.1, 0.15) is 0 Å². The Morgan fingerprint density at radius 1 is 1.18 bits per heavy atom. The Morgan fingerprint density at radius 2 is 1.71 bits per heavy atom. The van der Waals surface area contributed by atoms with Gasteiger partial charge in [-0.05, 0) is 45.0 Å². The molecule has 96 valence electrons. The maximum atomic E-state index is 12.0. The first-order valence-corrected chi connectivity index (χ1v) is 7.89. The molecule has 0 unspecified atom stereocenters. The molecule has 0 spiro atoms. The SMILES string of the molecule is CC(C)(C)NCCS(=O)(=O)c1ccc(Br)cc1. The first kappa shape index (κ1) is 14.7. The second-order valence-corrected chi connectivity index (χ2v) is 7.97. The highest BCUT2D eigenvalue weighted by atomic mass is 79.9. The molecular weight excluding hydrogens is 302 g/mol. The number of rotatable bonds is 4. The number of hydrogen-bond acceptors (Lipinski definition) is 3. The maximum absolute atomic E-state index is 12.0. The first-order valence-electron chi connectivity index (χ1n) is 5.44. The summed E-state index contributed by atoms with van der Waals surface area (Å²) < 4.78 is 24.8. The van der Waals surface area contributed by atoms with Crippen LogP contribution in [0, 0.1) is 0 Å². The summed E-state index contributed by atoms with van der Waals surface area (Å²) in [5, 5.41) is 3.17. The van der Waals surface area contributed by atoms with Crippen molar-refractivity contribution in [3.63, 3.8) is 0 Å². The van der Waals surface area contributed by atoms with Gasteiger partial charge in [-0.25, -0.2) is 8.42 Å². The van der Waals surface area contributed by atoms with Crippen molar-refractivity contribution in [2.24, 2.45) is 0 Å². The minimum Gasteiger partial charge on any atom is -0.311 e. The quantitative estimate of drug-likeness (QED) is 0.928. The van der Waals surface area contributed by atoms with Crippen LogP contribution < -0.4 is 5.32 Å². The zero-order valence-corrected chi connectivity index (χ0v) is 12.7. The van der Waals surface area contributed by atoms with Gasteiger partial charge in [-0.2, -0.15) is 0 Å². The normalized spacial score (nSPS) is 12.7. The molecule has 0 aliphatic heterocycles. The van der Waals surface area contributed by atoms with Gasteiger partial charge >= 0.3 is 0 Å². The van der Waals surface area contributed by atoms with E-state index in [4.69, 9.17) is 0 Å². The number of nitrogens with one attached hydrogen (secondary N) is 1.